The van der Waals surface area contributed by atoms with Crippen molar-refractivity contribution in [3.05, 3.63) is 18.6 Å². The third-order valence-corrected chi connectivity index (χ3v) is 4.05. The number of aromatic nitrogens is 2. The Balaban J connectivity index is 1.70. The zero-order valence-electron chi connectivity index (χ0n) is 13.4. The van der Waals surface area contributed by atoms with Crippen LogP contribution in [-0.2, 0) is 4.74 Å². The van der Waals surface area contributed by atoms with Crippen molar-refractivity contribution in [3.8, 4) is 0 Å². The molecule has 145 valence electrons. The highest BCUT2D eigenvalue weighted by Gasteiger charge is 2.51. The maximum atomic E-state index is 12.6. The summed E-state index contributed by atoms with van der Waals surface area (Å²) in [5, 5.41) is 1.35. The molecule has 2 aliphatic rings. The summed E-state index contributed by atoms with van der Waals surface area (Å²) in [7, 11) is 0. The van der Waals surface area contributed by atoms with Gasteiger partial charge in [-0.05, 0) is 12.8 Å². The van der Waals surface area contributed by atoms with Crippen LogP contribution >= 0.6 is 0 Å². The van der Waals surface area contributed by atoms with Gasteiger partial charge < -0.3 is 9.64 Å². The largest absolute Gasteiger partial charge is 0.391 e. The average Bonchev–Trinajstić information content (AvgIpc) is 3.14. The zero-order valence-corrected chi connectivity index (χ0v) is 13.4. The van der Waals surface area contributed by atoms with Gasteiger partial charge in [0, 0.05) is 0 Å². The van der Waals surface area contributed by atoms with Gasteiger partial charge >= 0.3 is 12.4 Å². The maximum Gasteiger partial charge on any atom is 0.391 e. The SMILES string of the molecule is NN1CN(CC2(O[C](CC(F)(F)F)CC(F)(F)F)CC2)c2ncncc21. The molecular formula is C14H16F6N5O. The van der Waals surface area contributed by atoms with E-state index in [0.29, 0.717) is 24.3 Å². The second kappa shape index (κ2) is 6.41. The molecule has 0 atom stereocenters. The normalized spacial score (nSPS) is 19.2. The summed E-state index contributed by atoms with van der Waals surface area (Å²) in [5.74, 6) is 6.28. The predicted octanol–water partition coefficient (Wildman–Crippen LogP) is 2.92. The molecule has 0 aromatic carbocycles. The molecule has 26 heavy (non-hydrogen) atoms. The van der Waals surface area contributed by atoms with Gasteiger partial charge in [0.05, 0.1) is 31.2 Å². The van der Waals surface area contributed by atoms with Crippen LogP contribution in [0.4, 0.5) is 37.8 Å². The van der Waals surface area contributed by atoms with Gasteiger partial charge in [-0.3, -0.25) is 5.01 Å². The van der Waals surface area contributed by atoms with Crippen LogP contribution in [-0.4, -0.2) is 41.1 Å². The van der Waals surface area contributed by atoms with Gasteiger partial charge in [-0.2, -0.15) is 26.3 Å². The van der Waals surface area contributed by atoms with Crippen LogP contribution in [0.15, 0.2) is 12.5 Å². The Morgan fingerprint density at radius 1 is 1.15 bits per heavy atom. The average molecular weight is 384 g/mol. The first-order chi connectivity index (χ1) is 12.0. The molecular weight excluding hydrogens is 368 g/mol. The molecule has 12 heteroatoms. The van der Waals surface area contributed by atoms with Crippen molar-refractivity contribution in [2.75, 3.05) is 23.1 Å². The molecule has 1 aliphatic heterocycles. The summed E-state index contributed by atoms with van der Waals surface area (Å²) < 4.78 is 80.9. The highest BCUT2D eigenvalue weighted by Crippen LogP contribution is 2.48. The van der Waals surface area contributed by atoms with E-state index in [1.165, 1.54) is 17.5 Å². The van der Waals surface area contributed by atoms with Gasteiger partial charge in [-0.15, -0.1) is 0 Å². The molecule has 1 aromatic heterocycles. The molecule has 1 fully saturated rings. The number of nitrogens with zero attached hydrogens (tertiary/aromatic N) is 4. The fraction of sp³-hybridized carbons (Fsp3) is 0.643. The molecule has 0 saturated heterocycles. The number of alkyl halides is 6. The molecule has 1 aromatic rings. The summed E-state index contributed by atoms with van der Waals surface area (Å²) in [5.41, 5.74) is -0.572. The van der Waals surface area contributed by atoms with E-state index in [1.807, 2.05) is 0 Å². The van der Waals surface area contributed by atoms with Gasteiger partial charge in [-0.1, -0.05) is 0 Å². The summed E-state index contributed by atoms with van der Waals surface area (Å²) in [6.45, 7) is 0.275. The Hall–Kier alpha value is -1.82. The Labute approximate surface area is 144 Å². The van der Waals surface area contributed by atoms with Crippen molar-refractivity contribution >= 4 is 11.5 Å². The Morgan fingerprint density at radius 3 is 2.31 bits per heavy atom. The third-order valence-electron chi connectivity index (χ3n) is 4.05. The van der Waals surface area contributed by atoms with E-state index >= 15 is 0 Å². The summed E-state index contributed by atoms with van der Waals surface area (Å²) in [4.78, 5) is 9.56. The number of hydrogen-bond donors (Lipinski definition) is 1. The molecule has 3 rings (SSSR count). The number of fused-ring (bicyclic) bond motifs is 1. The van der Waals surface area contributed by atoms with E-state index in [-0.39, 0.29) is 13.2 Å². The molecule has 0 spiro atoms. The monoisotopic (exact) mass is 384 g/mol. The van der Waals surface area contributed by atoms with Crippen molar-refractivity contribution in [2.24, 2.45) is 5.84 Å². The number of anilines is 2. The molecule has 1 aliphatic carbocycles. The number of ether oxygens (including phenoxy) is 1. The summed E-state index contributed by atoms with van der Waals surface area (Å²) in [6, 6.07) is 0. The van der Waals surface area contributed by atoms with E-state index in [9.17, 15) is 26.3 Å². The fourth-order valence-electron chi connectivity index (χ4n) is 2.88. The third kappa shape index (κ3) is 4.67. The van der Waals surface area contributed by atoms with E-state index in [1.54, 1.807) is 4.90 Å². The molecule has 2 N–H and O–H groups in total. The zero-order chi connectivity index (χ0) is 19.2. The molecule has 0 unspecified atom stereocenters. The Morgan fingerprint density at radius 2 is 1.77 bits per heavy atom. The van der Waals surface area contributed by atoms with Crippen molar-refractivity contribution in [1.82, 2.24) is 9.97 Å². The topological polar surface area (TPSA) is 67.5 Å². The minimum atomic E-state index is -4.78. The van der Waals surface area contributed by atoms with Gasteiger partial charge in [0.25, 0.3) is 0 Å². The van der Waals surface area contributed by atoms with Crippen LogP contribution < -0.4 is 15.8 Å². The highest BCUT2D eigenvalue weighted by molar-refractivity contribution is 5.70. The first-order valence-electron chi connectivity index (χ1n) is 7.71. The molecule has 1 radical (unpaired) electrons. The number of rotatable bonds is 6. The number of hydrazine groups is 1. The van der Waals surface area contributed by atoms with Crippen LogP contribution in [0, 0.1) is 6.10 Å². The minimum absolute atomic E-state index is 0.0872. The van der Waals surface area contributed by atoms with Gasteiger partial charge in [0.1, 0.15) is 24.8 Å². The first kappa shape index (κ1) is 19.0. The second-order valence-corrected chi connectivity index (χ2v) is 6.45. The smallest absolute Gasteiger partial charge is 0.363 e. The lowest BCUT2D eigenvalue weighted by Gasteiger charge is -2.29. The number of hydrogen-bond acceptors (Lipinski definition) is 6. The van der Waals surface area contributed by atoms with Gasteiger partial charge in [0.2, 0.25) is 0 Å². The van der Waals surface area contributed by atoms with Crippen LogP contribution in [0.1, 0.15) is 25.7 Å². The Kier molecular flexibility index (Phi) is 4.67. The van der Waals surface area contributed by atoms with Crippen LogP contribution in [0.2, 0.25) is 0 Å². The molecule has 6 nitrogen and oxygen atoms in total. The molecule has 0 amide bonds. The maximum absolute atomic E-state index is 12.6. The lowest BCUT2D eigenvalue weighted by atomic mass is 10.1. The van der Waals surface area contributed by atoms with Crippen LogP contribution in [0.5, 0.6) is 0 Å². The lowest BCUT2D eigenvalue weighted by Crippen LogP contribution is -2.41. The van der Waals surface area contributed by atoms with E-state index in [0.717, 1.165) is 0 Å². The summed E-state index contributed by atoms with van der Waals surface area (Å²) in [6.07, 6.45) is -10.6. The van der Waals surface area contributed by atoms with Crippen LogP contribution in [0.25, 0.3) is 0 Å². The van der Waals surface area contributed by atoms with Crippen molar-refractivity contribution in [1.29, 1.82) is 0 Å². The van der Waals surface area contributed by atoms with Crippen molar-refractivity contribution in [2.45, 2.75) is 43.6 Å². The lowest BCUT2D eigenvalue weighted by molar-refractivity contribution is -0.176. The van der Waals surface area contributed by atoms with Crippen molar-refractivity contribution in [3.63, 3.8) is 0 Å². The van der Waals surface area contributed by atoms with E-state index in [4.69, 9.17) is 10.6 Å². The Bertz CT molecular complexity index is 631. The van der Waals surface area contributed by atoms with Gasteiger partial charge in [-0.25, -0.2) is 15.8 Å². The fourth-order valence-corrected chi connectivity index (χ4v) is 2.88. The molecule has 2 heterocycles. The summed E-state index contributed by atoms with van der Waals surface area (Å²) >= 11 is 0. The molecule has 1 saturated carbocycles. The highest BCUT2D eigenvalue weighted by atomic mass is 19.4. The molecule has 0 bridgehead atoms. The van der Waals surface area contributed by atoms with Crippen LogP contribution in [0.3, 0.4) is 0 Å². The minimum Gasteiger partial charge on any atom is -0.363 e. The predicted molar refractivity (Wildman–Crippen MR) is 78.5 cm³/mol. The number of nitrogens with two attached hydrogens (primary N) is 1. The first-order valence-corrected chi connectivity index (χ1v) is 7.71. The van der Waals surface area contributed by atoms with E-state index < -0.39 is 36.9 Å². The quantitative estimate of drug-likeness (QED) is 0.601. The van der Waals surface area contributed by atoms with E-state index in [2.05, 4.69) is 9.97 Å². The van der Waals surface area contributed by atoms with Crippen molar-refractivity contribution < 1.29 is 31.1 Å². The van der Waals surface area contributed by atoms with Gasteiger partial charge in [0.15, 0.2) is 5.82 Å². The second-order valence-electron chi connectivity index (χ2n) is 6.45. The number of halogens is 6. The standard InChI is InChI=1S/C14H16F6N5O/c15-13(16,17)3-9(4-14(18,19)20)26-12(1-2-12)6-24-8-25(21)10-5-22-7-23-11(10)24/h5,7H,1-4,6,8,21H2.